The van der Waals surface area contributed by atoms with E-state index in [-0.39, 0.29) is 6.54 Å². The molecule has 0 amide bonds. The second kappa shape index (κ2) is 9.18. The molecule has 1 atom stereocenters. The van der Waals surface area contributed by atoms with Crippen molar-refractivity contribution in [3.63, 3.8) is 0 Å². The van der Waals surface area contributed by atoms with E-state index in [4.69, 9.17) is 9.26 Å². The van der Waals surface area contributed by atoms with Crippen molar-refractivity contribution in [2.24, 2.45) is 0 Å². The Labute approximate surface area is 159 Å². The zero-order valence-corrected chi connectivity index (χ0v) is 16.0. The molecule has 144 valence electrons. The van der Waals surface area contributed by atoms with Crippen molar-refractivity contribution in [1.82, 2.24) is 4.67 Å². The van der Waals surface area contributed by atoms with Gasteiger partial charge in [0.1, 0.15) is 18.9 Å². The minimum Gasteiger partial charge on any atom is -0.489 e. The Kier molecular flexibility index (Phi) is 6.67. The maximum Gasteiger partial charge on any atom is 0.318 e. The molecule has 1 heterocycles. The van der Waals surface area contributed by atoms with E-state index in [1.54, 1.807) is 24.3 Å². The lowest BCUT2D eigenvalue weighted by molar-refractivity contribution is -0.137. The standard InChI is InChI=1S/C20H24NO5P/c22-20(23)15-21-13-5-2-6-14-26-27(21,24)19-11-9-18(10-12-19)25-16-17-7-3-1-4-8-17/h1,3-4,7-12H,2,5-6,13-16H2,(H,22,23). The Hall–Kier alpha value is -2.14. The largest absolute Gasteiger partial charge is 0.489 e. The number of aliphatic carboxylic acids is 1. The number of carbonyl (C=O) groups is 1. The minimum atomic E-state index is -3.40. The van der Waals surface area contributed by atoms with Crippen LogP contribution in [0.5, 0.6) is 5.75 Å². The molecule has 7 heteroatoms. The maximum absolute atomic E-state index is 13.6. The molecule has 0 radical (unpaired) electrons. The second-order valence-corrected chi connectivity index (χ2v) is 8.85. The Bertz CT molecular complexity index is 794. The molecule has 1 aliphatic heterocycles. The summed E-state index contributed by atoms with van der Waals surface area (Å²) >= 11 is 0. The molecule has 0 aromatic heterocycles. The van der Waals surface area contributed by atoms with Crippen molar-refractivity contribution < 1.29 is 23.7 Å². The van der Waals surface area contributed by atoms with Crippen LogP contribution in [0.2, 0.25) is 0 Å². The van der Waals surface area contributed by atoms with Crippen LogP contribution >= 0.6 is 7.52 Å². The fourth-order valence-electron chi connectivity index (χ4n) is 3.01. The summed E-state index contributed by atoms with van der Waals surface area (Å²) in [7, 11) is -3.40. The van der Waals surface area contributed by atoms with E-state index in [2.05, 4.69) is 0 Å². The van der Waals surface area contributed by atoms with Gasteiger partial charge in [-0.2, -0.15) is 0 Å². The third-order valence-corrected chi connectivity index (χ3v) is 7.00. The number of rotatable bonds is 6. The molecule has 0 saturated carbocycles. The van der Waals surface area contributed by atoms with Crippen LogP contribution in [0.1, 0.15) is 24.8 Å². The lowest BCUT2D eigenvalue weighted by Gasteiger charge is -2.32. The van der Waals surface area contributed by atoms with E-state index >= 15 is 0 Å². The summed E-state index contributed by atoms with van der Waals surface area (Å²) < 4.78 is 26.5. The summed E-state index contributed by atoms with van der Waals surface area (Å²) in [5.41, 5.74) is 1.06. The lowest BCUT2D eigenvalue weighted by atomic mass is 10.2. The van der Waals surface area contributed by atoms with Crippen LogP contribution in [0, 0.1) is 0 Å². The molecule has 1 saturated heterocycles. The van der Waals surface area contributed by atoms with E-state index in [1.807, 2.05) is 30.3 Å². The summed E-state index contributed by atoms with van der Waals surface area (Å²) in [6.45, 7) is 0.943. The van der Waals surface area contributed by atoms with Crippen molar-refractivity contribution in [2.75, 3.05) is 19.7 Å². The predicted molar refractivity (Wildman–Crippen MR) is 103 cm³/mol. The first-order chi connectivity index (χ1) is 13.1. The number of carboxylic acid groups (broad SMARTS) is 1. The number of nitrogens with zero attached hydrogens (tertiary/aromatic N) is 1. The molecule has 1 N–H and O–H groups in total. The molecule has 0 aliphatic carbocycles. The Morgan fingerprint density at radius 3 is 2.52 bits per heavy atom. The van der Waals surface area contributed by atoms with Crippen LogP contribution in [0.15, 0.2) is 54.6 Å². The van der Waals surface area contributed by atoms with Gasteiger partial charge >= 0.3 is 13.5 Å². The Morgan fingerprint density at radius 2 is 1.81 bits per heavy atom. The second-order valence-electron chi connectivity index (χ2n) is 6.46. The summed E-state index contributed by atoms with van der Waals surface area (Å²) in [6, 6.07) is 16.7. The average Bonchev–Trinajstić information content (AvgIpc) is 2.67. The number of hydrogen-bond acceptors (Lipinski definition) is 4. The van der Waals surface area contributed by atoms with Crippen LogP contribution < -0.4 is 10.0 Å². The molecule has 1 fully saturated rings. The third-order valence-electron chi connectivity index (χ3n) is 4.43. The van der Waals surface area contributed by atoms with Gasteiger partial charge in [0.05, 0.1) is 11.9 Å². The first kappa shape index (κ1) is 19.6. The van der Waals surface area contributed by atoms with Crippen LogP contribution in [0.4, 0.5) is 0 Å². The van der Waals surface area contributed by atoms with Gasteiger partial charge in [0, 0.05) is 6.54 Å². The molecule has 2 aromatic carbocycles. The molecule has 1 aliphatic rings. The molecular formula is C20H24NO5P. The van der Waals surface area contributed by atoms with Gasteiger partial charge in [0.15, 0.2) is 0 Å². The summed E-state index contributed by atoms with van der Waals surface area (Å²) in [5, 5.41) is 9.69. The van der Waals surface area contributed by atoms with Gasteiger partial charge in [-0.1, -0.05) is 30.3 Å². The highest BCUT2D eigenvalue weighted by Crippen LogP contribution is 2.50. The minimum absolute atomic E-state index is 0.302. The molecule has 0 spiro atoms. The first-order valence-corrected chi connectivity index (χ1v) is 10.6. The van der Waals surface area contributed by atoms with E-state index in [9.17, 15) is 14.5 Å². The average molecular weight is 389 g/mol. The number of carboxylic acids is 1. The van der Waals surface area contributed by atoms with Gasteiger partial charge in [0.25, 0.3) is 0 Å². The lowest BCUT2D eigenvalue weighted by Crippen LogP contribution is -2.34. The van der Waals surface area contributed by atoms with Gasteiger partial charge in [-0.05, 0) is 49.1 Å². The van der Waals surface area contributed by atoms with E-state index in [0.29, 0.717) is 30.8 Å². The van der Waals surface area contributed by atoms with Crippen molar-refractivity contribution in [2.45, 2.75) is 25.9 Å². The van der Waals surface area contributed by atoms with Crippen LogP contribution in [-0.4, -0.2) is 35.4 Å². The molecule has 3 rings (SSSR count). The number of hydrogen-bond donors (Lipinski definition) is 1. The highest BCUT2D eigenvalue weighted by Gasteiger charge is 2.36. The van der Waals surface area contributed by atoms with Crippen molar-refractivity contribution >= 4 is 18.8 Å². The molecule has 27 heavy (non-hydrogen) atoms. The predicted octanol–water partition coefficient (Wildman–Crippen LogP) is 3.67. The molecule has 2 aromatic rings. The normalized spacial score (nSPS) is 21.2. The molecule has 6 nitrogen and oxygen atoms in total. The molecular weight excluding hydrogens is 365 g/mol. The maximum atomic E-state index is 13.6. The number of benzene rings is 2. The molecule has 0 bridgehead atoms. The summed E-state index contributed by atoms with van der Waals surface area (Å²) in [5.74, 6) is -0.353. The Morgan fingerprint density at radius 1 is 1.07 bits per heavy atom. The summed E-state index contributed by atoms with van der Waals surface area (Å²) in [4.78, 5) is 11.2. The topological polar surface area (TPSA) is 76.1 Å². The zero-order chi connectivity index (χ0) is 19.1. The smallest absolute Gasteiger partial charge is 0.318 e. The fourth-order valence-corrected chi connectivity index (χ4v) is 5.27. The highest BCUT2D eigenvalue weighted by atomic mass is 31.2. The van der Waals surface area contributed by atoms with Crippen molar-refractivity contribution in [1.29, 1.82) is 0 Å². The first-order valence-electron chi connectivity index (χ1n) is 9.07. The SMILES string of the molecule is O=C(O)CN1CCCCCOP1(=O)c1ccc(OCc2ccccc2)cc1. The fraction of sp³-hybridized carbons (Fsp3) is 0.350. The zero-order valence-electron chi connectivity index (χ0n) is 15.1. The quantitative estimate of drug-likeness (QED) is 0.760. The van der Waals surface area contributed by atoms with Gasteiger partial charge in [-0.15, -0.1) is 0 Å². The van der Waals surface area contributed by atoms with Gasteiger partial charge in [-0.25, -0.2) is 4.67 Å². The van der Waals surface area contributed by atoms with E-state index < -0.39 is 13.5 Å². The van der Waals surface area contributed by atoms with Crippen LogP contribution in [0.25, 0.3) is 0 Å². The third kappa shape index (κ3) is 5.19. The van der Waals surface area contributed by atoms with E-state index in [1.165, 1.54) is 4.67 Å². The van der Waals surface area contributed by atoms with Gasteiger partial charge in [0.2, 0.25) is 0 Å². The van der Waals surface area contributed by atoms with Crippen molar-refractivity contribution in [3.8, 4) is 5.75 Å². The van der Waals surface area contributed by atoms with E-state index in [0.717, 1.165) is 24.8 Å². The van der Waals surface area contributed by atoms with Gasteiger partial charge in [-0.3, -0.25) is 9.36 Å². The number of ether oxygens (including phenoxy) is 1. The highest BCUT2D eigenvalue weighted by molar-refractivity contribution is 7.64. The Balaban J connectivity index is 1.75. The van der Waals surface area contributed by atoms with Crippen LogP contribution in [-0.2, 0) is 20.5 Å². The van der Waals surface area contributed by atoms with Crippen LogP contribution in [0.3, 0.4) is 0 Å². The van der Waals surface area contributed by atoms with Crippen molar-refractivity contribution in [3.05, 3.63) is 60.2 Å². The summed E-state index contributed by atoms with van der Waals surface area (Å²) in [6.07, 6.45) is 2.56. The molecule has 1 unspecified atom stereocenters. The monoisotopic (exact) mass is 389 g/mol. The van der Waals surface area contributed by atoms with Gasteiger partial charge < -0.3 is 14.4 Å².